The van der Waals surface area contributed by atoms with Crippen molar-refractivity contribution in [2.75, 3.05) is 13.1 Å². The van der Waals surface area contributed by atoms with E-state index in [1.807, 2.05) is 24.2 Å². The lowest BCUT2D eigenvalue weighted by atomic mass is 9.98. The monoisotopic (exact) mass is 346 g/mol. The van der Waals surface area contributed by atoms with E-state index in [1.165, 1.54) is 10.7 Å². The lowest BCUT2D eigenvalue weighted by Crippen LogP contribution is -2.39. The number of carbonyl (C=O) groups excluding carboxylic acids is 1. The minimum atomic E-state index is 0.282. The number of aromatic nitrogens is 3. The van der Waals surface area contributed by atoms with E-state index >= 15 is 0 Å². The molecule has 0 unspecified atom stereocenters. The van der Waals surface area contributed by atoms with E-state index in [9.17, 15) is 4.79 Å². The third kappa shape index (κ3) is 4.04. The summed E-state index contributed by atoms with van der Waals surface area (Å²) < 4.78 is 2.11. The van der Waals surface area contributed by atoms with E-state index in [2.05, 4.69) is 21.9 Å². The normalized spacial score (nSPS) is 18.1. The van der Waals surface area contributed by atoms with Crippen LogP contribution in [0.3, 0.4) is 0 Å². The number of aryl methyl sites for hydroxylation is 3. The van der Waals surface area contributed by atoms with Gasteiger partial charge in [-0.25, -0.2) is 9.97 Å². The molecule has 5 nitrogen and oxygen atoms in total. The Morgan fingerprint density at radius 3 is 3.04 bits per heavy atom. The molecule has 0 spiro atoms. The van der Waals surface area contributed by atoms with Crippen molar-refractivity contribution in [1.29, 1.82) is 0 Å². The third-order valence-electron chi connectivity index (χ3n) is 4.77. The second-order valence-corrected chi connectivity index (χ2v) is 7.37. The first-order chi connectivity index (χ1) is 11.7. The molecule has 0 saturated carbocycles. The van der Waals surface area contributed by atoms with Crippen LogP contribution in [0, 0.1) is 6.92 Å². The summed E-state index contributed by atoms with van der Waals surface area (Å²) in [6.07, 6.45) is 8.48. The number of amides is 1. The van der Waals surface area contributed by atoms with Crippen molar-refractivity contribution in [2.24, 2.45) is 0 Å². The number of carbonyl (C=O) groups is 1. The topological polar surface area (TPSA) is 51.0 Å². The molecule has 3 rings (SSSR count). The van der Waals surface area contributed by atoms with Crippen molar-refractivity contribution < 1.29 is 4.79 Å². The first-order valence-corrected chi connectivity index (χ1v) is 9.75. The molecule has 0 aromatic carbocycles. The molecule has 0 bridgehead atoms. The van der Waals surface area contributed by atoms with Crippen molar-refractivity contribution >= 4 is 17.2 Å². The van der Waals surface area contributed by atoms with Crippen LogP contribution >= 0.6 is 11.3 Å². The lowest BCUT2D eigenvalue weighted by Gasteiger charge is -2.32. The second kappa shape index (κ2) is 7.92. The van der Waals surface area contributed by atoms with Crippen LogP contribution in [-0.2, 0) is 17.8 Å². The molecule has 130 valence electrons. The van der Waals surface area contributed by atoms with E-state index in [1.54, 1.807) is 11.3 Å². The Hall–Kier alpha value is -1.69. The van der Waals surface area contributed by atoms with Crippen LogP contribution in [0.4, 0.5) is 0 Å². The maximum absolute atomic E-state index is 12.5. The zero-order valence-electron chi connectivity index (χ0n) is 14.6. The summed E-state index contributed by atoms with van der Waals surface area (Å²) in [4.78, 5) is 23.5. The molecule has 24 heavy (non-hydrogen) atoms. The van der Waals surface area contributed by atoms with Crippen LogP contribution in [0.25, 0.3) is 0 Å². The van der Waals surface area contributed by atoms with Crippen molar-refractivity contribution in [2.45, 2.75) is 58.4 Å². The van der Waals surface area contributed by atoms with Crippen LogP contribution in [0.2, 0.25) is 0 Å². The minimum absolute atomic E-state index is 0.282. The van der Waals surface area contributed by atoms with Gasteiger partial charge in [-0.2, -0.15) is 0 Å². The summed E-state index contributed by atoms with van der Waals surface area (Å²) in [5.74, 6) is 1.71. The summed E-state index contributed by atoms with van der Waals surface area (Å²) >= 11 is 1.75. The van der Waals surface area contributed by atoms with Crippen molar-refractivity contribution in [3.05, 3.63) is 34.3 Å². The van der Waals surface area contributed by atoms with Gasteiger partial charge in [0.05, 0.1) is 10.7 Å². The summed E-state index contributed by atoms with van der Waals surface area (Å²) in [7, 11) is 0. The number of rotatable bonds is 6. The van der Waals surface area contributed by atoms with Crippen molar-refractivity contribution in [3.8, 4) is 0 Å². The first-order valence-electron chi connectivity index (χ1n) is 8.87. The van der Waals surface area contributed by atoms with Crippen LogP contribution in [-0.4, -0.2) is 38.4 Å². The number of imidazole rings is 1. The fourth-order valence-corrected chi connectivity index (χ4v) is 4.31. The Bertz CT molecular complexity index is 678. The molecule has 1 saturated heterocycles. The maximum atomic E-state index is 12.5. The maximum Gasteiger partial charge on any atom is 0.222 e. The van der Waals surface area contributed by atoms with Crippen LogP contribution in [0.15, 0.2) is 17.8 Å². The van der Waals surface area contributed by atoms with Gasteiger partial charge in [0.15, 0.2) is 0 Å². The molecule has 2 aromatic rings. The Kier molecular flexibility index (Phi) is 5.66. The van der Waals surface area contributed by atoms with E-state index in [0.29, 0.717) is 12.3 Å². The van der Waals surface area contributed by atoms with Gasteiger partial charge >= 0.3 is 0 Å². The van der Waals surface area contributed by atoms with Gasteiger partial charge in [0.1, 0.15) is 5.82 Å². The molecule has 0 radical (unpaired) electrons. The predicted molar refractivity (Wildman–Crippen MR) is 96.2 cm³/mol. The first kappa shape index (κ1) is 17.1. The van der Waals surface area contributed by atoms with Crippen LogP contribution in [0.1, 0.15) is 55.1 Å². The minimum Gasteiger partial charge on any atom is -0.342 e. The van der Waals surface area contributed by atoms with Gasteiger partial charge in [-0.15, -0.1) is 11.3 Å². The molecule has 1 aliphatic heterocycles. The number of hydrogen-bond acceptors (Lipinski definition) is 4. The number of likely N-dealkylation sites (tertiary alicyclic amines) is 1. The summed E-state index contributed by atoms with van der Waals surface area (Å²) in [5, 5.41) is 3.36. The van der Waals surface area contributed by atoms with E-state index in [0.717, 1.165) is 51.1 Å². The summed E-state index contributed by atoms with van der Waals surface area (Å²) in [5.41, 5.74) is 1.18. The smallest absolute Gasteiger partial charge is 0.222 e. The highest BCUT2D eigenvalue weighted by Crippen LogP contribution is 2.29. The zero-order chi connectivity index (χ0) is 16.9. The lowest BCUT2D eigenvalue weighted by molar-refractivity contribution is -0.132. The average molecular weight is 346 g/mol. The Morgan fingerprint density at radius 2 is 2.33 bits per heavy atom. The van der Waals surface area contributed by atoms with Gasteiger partial charge < -0.3 is 9.47 Å². The number of hydrogen-bond donors (Lipinski definition) is 0. The van der Waals surface area contributed by atoms with E-state index in [-0.39, 0.29) is 5.91 Å². The van der Waals surface area contributed by atoms with Crippen LogP contribution in [0.5, 0.6) is 0 Å². The fraction of sp³-hybridized carbons (Fsp3) is 0.611. The fourth-order valence-electron chi connectivity index (χ4n) is 3.28. The van der Waals surface area contributed by atoms with Gasteiger partial charge in [-0.3, -0.25) is 4.79 Å². The highest BCUT2D eigenvalue weighted by atomic mass is 32.1. The Labute approximate surface area is 147 Å². The van der Waals surface area contributed by atoms with Crippen molar-refractivity contribution in [3.63, 3.8) is 0 Å². The number of thiazole rings is 1. The quantitative estimate of drug-likeness (QED) is 0.805. The summed E-state index contributed by atoms with van der Waals surface area (Å²) in [6, 6.07) is 0. The predicted octanol–water partition coefficient (Wildman–Crippen LogP) is 3.40. The molecule has 1 atom stereocenters. The van der Waals surface area contributed by atoms with Crippen LogP contribution < -0.4 is 0 Å². The molecule has 0 N–H and O–H groups in total. The molecule has 1 amide bonds. The largest absolute Gasteiger partial charge is 0.342 e. The molecular weight excluding hydrogens is 320 g/mol. The molecular formula is C18H26N4OS. The van der Waals surface area contributed by atoms with Gasteiger partial charge in [-0.05, 0) is 32.6 Å². The van der Waals surface area contributed by atoms with E-state index in [4.69, 9.17) is 4.98 Å². The second-order valence-electron chi connectivity index (χ2n) is 6.48. The molecule has 1 fully saturated rings. The molecule has 2 aromatic heterocycles. The average Bonchev–Trinajstić information content (AvgIpc) is 3.24. The number of piperidine rings is 1. The van der Waals surface area contributed by atoms with Crippen molar-refractivity contribution in [1.82, 2.24) is 19.4 Å². The standard InChI is InChI=1S/C18H26N4OS/c1-3-16-13-24-18(20-16)15-6-4-10-22(12-15)17(23)7-5-9-21-11-8-19-14(21)2/h8,11,13,15H,3-7,9-10,12H2,1-2H3/t15-/m0/s1. The Morgan fingerprint density at radius 1 is 1.46 bits per heavy atom. The zero-order valence-corrected chi connectivity index (χ0v) is 15.4. The molecule has 1 aliphatic rings. The van der Waals surface area contributed by atoms with Gasteiger partial charge in [0.25, 0.3) is 0 Å². The Balaban J connectivity index is 1.50. The van der Waals surface area contributed by atoms with Gasteiger partial charge in [0, 0.05) is 49.7 Å². The molecule has 3 heterocycles. The summed E-state index contributed by atoms with van der Waals surface area (Å²) in [6.45, 7) is 6.72. The highest BCUT2D eigenvalue weighted by Gasteiger charge is 2.26. The third-order valence-corrected chi connectivity index (χ3v) is 5.82. The number of nitrogens with zero attached hydrogens (tertiary/aromatic N) is 4. The molecule has 6 heteroatoms. The van der Waals surface area contributed by atoms with Gasteiger partial charge in [0.2, 0.25) is 5.91 Å². The SMILES string of the molecule is CCc1csc([C@H]2CCCN(C(=O)CCCn3ccnc3C)C2)n1. The molecule has 0 aliphatic carbocycles. The van der Waals surface area contributed by atoms with E-state index < -0.39 is 0 Å². The highest BCUT2D eigenvalue weighted by molar-refractivity contribution is 7.09. The van der Waals surface area contributed by atoms with Gasteiger partial charge in [-0.1, -0.05) is 6.92 Å².